The zero-order valence-corrected chi connectivity index (χ0v) is 43.0. The van der Waals surface area contributed by atoms with Crippen LogP contribution in [0.1, 0.15) is 278 Å². The summed E-state index contributed by atoms with van der Waals surface area (Å²) in [6.45, 7) is 6.50. The van der Waals surface area contributed by atoms with E-state index in [-0.39, 0.29) is 31.1 Å². The number of hydrogen-bond donors (Lipinski definition) is 0. The van der Waals surface area contributed by atoms with Gasteiger partial charge in [-0.15, -0.1) is 0 Å². The number of esters is 3. The molecule has 0 aromatic carbocycles. The maximum atomic E-state index is 12.8. The van der Waals surface area contributed by atoms with Crippen LogP contribution in [-0.2, 0) is 28.6 Å². The van der Waals surface area contributed by atoms with E-state index in [0.717, 1.165) is 103 Å². The van der Waals surface area contributed by atoms with Gasteiger partial charge in [-0.1, -0.05) is 236 Å². The Bertz CT molecular complexity index is 1180. The first-order chi connectivity index (χ1) is 32.0. The van der Waals surface area contributed by atoms with Crippen LogP contribution >= 0.6 is 0 Å². The maximum Gasteiger partial charge on any atom is 0.306 e. The van der Waals surface area contributed by atoms with Gasteiger partial charge in [0.05, 0.1) is 0 Å². The quantitative estimate of drug-likeness (QED) is 0.0262. The van der Waals surface area contributed by atoms with Crippen LogP contribution in [0, 0.1) is 0 Å². The highest BCUT2D eigenvalue weighted by molar-refractivity contribution is 5.71. The van der Waals surface area contributed by atoms with Gasteiger partial charge in [0, 0.05) is 19.3 Å². The predicted octanol–water partition coefficient (Wildman–Crippen LogP) is 18.4. The van der Waals surface area contributed by atoms with E-state index in [1.165, 1.54) is 135 Å². The molecule has 0 unspecified atom stereocenters. The highest BCUT2D eigenvalue weighted by Crippen LogP contribution is 2.16. The first-order valence-electron chi connectivity index (χ1n) is 27.8. The molecule has 0 saturated carbocycles. The third kappa shape index (κ3) is 51.9. The van der Waals surface area contributed by atoms with Crippen LogP contribution < -0.4 is 0 Å². The fourth-order valence-corrected chi connectivity index (χ4v) is 7.84. The number of carbonyl (C=O) groups excluding carboxylic acids is 3. The maximum absolute atomic E-state index is 12.8. The topological polar surface area (TPSA) is 78.9 Å². The Hall–Kier alpha value is -2.89. The lowest BCUT2D eigenvalue weighted by Gasteiger charge is -2.18. The minimum Gasteiger partial charge on any atom is -0.462 e. The van der Waals surface area contributed by atoms with E-state index < -0.39 is 6.10 Å². The van der Waals surface area contributed by atoms with E-state index in [2.05, 4.69) is 81.5 Å². The Kier molecular flexibility index (Phi) is 51.3. The minimum absolute atomic E-state index is 0.0803. The van der Waals surface area contributed by atoms with Crippen LogP contribution in [0.2, 0.25) is 0 Å². The van der Waals surface area contributed by atoms with Crippen LogP contribution in [0.5, 0.6) is 0 Å². The summed E-state index contributed by atoms with van der Waals surface area (Å²) < 4.78 is 16.8. The minimum atomic E-state index is -0.783. The van der Waals surface area contributed by atoms with E-state index in [1.54, 1.807) is 0 Å². The molecule has 6 nitrogen and oxygen atoms in total. The first kappa shape index (κ1) is 62.1. The highest BCUT2D eigenvalue weighted by Gasteiger charge is 2.19. The number of allylic oxidation sites excluding steroid dienone is 10. The molecule has 0 heterocycles. The van der Waals surface area contributed by atoms with Crippen molar-refractivity contribution in [2.75, 3.05) is 13.2 Å². The summed E-state index contributed by atoms with van der Waals surface area (Å²) in [5.41, 5.74) is 0. The summed E-state index contributed by atoms with van der Waals surface area (Å²) in [4.78, 5) is 38.1. The van der Waals surface area contributed by atoms with Gasteiger partial charge in [-0.05, 0) is 83.5 Å². The van der Waals surface area contributed by atoms with Crippen molar-refractivity contribution >= 4 is 17.9 Å². The molecular weight excluding hydrogens is 805 g/mol. The van der Waals surface area contributed by atoms with Gasteiger partial charge in [0.25, 0.3) is 0 Å². The van der Waals surface area contributed by atoms with Gasteiger partial charge in [-0.2, -0.15) is 0 Å². The van der Waals surface area contributed by atoms with Crippen molar-refractivity contribution in [3.63, 3.8) is 0 Å². The van der Waals surface area contributed by atoms with E-state index in [0.29, 0.717) is 19.3 Å². The summed E-state index contributed by atoms with van der Waals surface area (Å²) in [5, 5.41) is 0. The van der Waals surface area contributed by atoms with Crippen LogP contribution in [0.15, 0.2) is 60.8 Å². The normalized spacial score (nSPS) is 12.5. The number of rotatable bonds is 50. The van der Waals surface area contributed by atoms with E-state index in [4.69, 9.17) is 14.2 Å². The van der Waals surface area contributed by atoms with Gasteiger partial charge in [0.15, 0.2) is 6.10 Å². The molecule has 1 atom stereocenters. The van der Waals surface area contributed by atoms with Gasteiger partial charge in [0.2, 0.25) is 0 Å². The molecule has 0 saturated heterocycles. The molecule has 0 spiro atoms. The summed E-state index contributed by atoms with van der Waals surface area (Å²) in [6, 6.07) is 0. The lowest BCUT2D eigenvalue weighted by atomic mass is 10.0. The number of carbonyl (C=O) groups is 3. The Morgan fingerprint density at radius 3 is 0.969 bits per heavy atom. The monoisotopic (exact) mass is 909 g/mol. The largest absolute Gasteiger partial charge is 0.462 e. The van der Waals surface area contributed by atoms with Gasteiger partial charge >= 0.3 is 17.9 Å². The SMILES string of the molecule is CC/C=C\C/C=C\C/C=C\CCCCCCCC(=O)O[C@H](COC(=O)CCCCCCCCCCC/C=C\C/C=C\CCCCC)COC(=O)CCCCCCCCCCCCCCC. The Morgan fingerprint density at radius 2 is 0.600 bits per heavy atom. The molecule has 0 amide bonds. The van der Waals surface area contributed by atoms with E-state index in [1.807, 2.05) is 0 Å². The zero-order valence-electron chi connectivity index (χ0n) is 43.0. The van der Waals surface area contributed by atoms with Gasteiger partial charge in [0.1, 0.15) is 13.2 Å². The molecule has 0 aromatic rings. The van der Waals surface area contributed by atoms with Crippen molar-refractivity contribution in [1.29, 1.82) is 0 Å². The summed E-state index contributed by atoms with van der Waals surface area (Å²) in [6.07, 6.45) is 66.3. The third-order valence-electron chi connectivity index (χ3n) is 12.0. The molecule has 0 radical (unpaired) electrons. The second-order valence-electron chi connectivity index (χ2n) is 18.5. The summed E-state index contributed by atoms with van der Waals surface area (Å²) in [7, 11) is 0. The molecule has 0 aliphatic rings. The standard InChI is InChI=1S/C59H104O6/c1-4-7-10-13-16-19-22-25-27-28-29-30-32-34-37-40-43-46-49-52-58(61)64-55-56(54-63-57(60)51-48-45-42-39-36-33-24-21-18-15-12-9-6-3)65-59(62)53-50-47-44-41-38-35-31-26-23-20-17-14-11-8-5-2/h8,11,16-17,19-20,25-27,31,56H,4-7,9-10,12-15,18,21-24,28-30,32-55H2,1-3H3/b11-8-,19-16-,20-17-,27-25-,31-26-/t56-/m0/s1. The lowest BCUT2D eigenvalue weighted by Crippen LogP contribution is -2.30. The molecule has 0 N–H and O–H groups in total. The molecule has 0 aliphatic carbocycles. The van der Waals surface area contributed by atoms with Gasteiger partial charge in [-0.25, -0.2) is 0 Å². The van der Waals surface area contributed by atoms with Crippen LogP contribution in [0.3, 0.4) is 0 Å². The van der Waals surface area contributed by atoms with Crippen molar-refractivity contribution < 1.29 is 28.6 Å². The summed E-state index contributed by atoms with van der Waals surface area (Å²) >= 11 is 0. The molecule has 0 fully saturated rings. The van der Waals surface area contributed by atoms with Crippen LogP contribution in [0.4, 0.5) is 0 Å². The molecule has 65 heavy (non-hydrogen) atoms. The Morgan fingerprint density at radius 1 is 0.323 bits per heavy atom. The molecule has 0 rings (SSSR count). The first-order valence-corrected chi connectivity index (χ1v) is 27.8. The lowest BCUT2D eigenvalue weighted by molar-refractivity contribution is -0.167. The predicted molar refractivity (Wildman–Crippen MR) is 279 cm³/mol. The van der Waals surface area contributed by atoms with E-state index in [9.17, 15) is 14.4 Å². The van der Waals surface area contributed by atoms with Gasteiger partial charge < -0.3 is 14.2 Å². The number of ether oxygens (including phenoxy) is 3. The second kappa shape index (κ2) is 53.7. The zero-order chi connectivity index (χ0) is 47.2. The van der Waals surface area contributed by atoms with Crippen molar-refractivity contribution in [2.24, 2.45) is 0 Å². The average molecular weight is 909 g/mol. The van der Waals surface area contributed by atoms with Crippen LogP contribution in [0.25, 0.3) is 0 Å². The number of hydrogen-bond acceptors (Lipinski definition) is 6. The van der Waals surface area contributed by atoms with Crippen molar-refractivity contribution in [2.45, 2.75) is 284 Å². The molecule has 0 aliphatic heterocycles. The van der Waals surface area contributed by atoms with Crippen LogP contribution in [-0.4, -0.2) is 37.2 Å². The number of unbranched alkanes of at least 4 members (excludes halogenated alkanes) is 29. The second-order valence-corrected chi connectivity index (χ2v) is 18.5. The molecule has 0 bridgehead atoms. The fraction of sp³-hybridized carbons (Fsp3) is 0.780. The Balaban J connectivity index is 4.37. The molecule has 0 aromatic heterocycles. The molecule has 376 valence electrons. The molecule has 6 heteroatoms. The molecular formula is C59H104O6. The van der Waals surface area contributed by atoms with E-state index >= 15 is 0 Å². The smallest absolute Gasteiger partial charge is 0.306 e. The van der Waals surface area contributed by atoms with Crippen molar-refractivity contribution in [3.8, 4) is 0 Å². The fourth-order valence-electron chi connectivity index (χ4n) is 7.84. The van der Waals surface area contributed by atoms with Gasteiger partial charge in [-0.3, -0.25) is 14.4 Å². The highest BCUT2D eigenvalue weighted by atomic mass is 16.6. The van der Waals surface area contributed by atoms with Crippen molar-refractivity contribution in [1.82, 2.24) is 0 Å². The van der Waals surface area contributed by atoms with Crippen molar-refractivity contribution in [3.05, 3.63) is 60.8 Å². The Labute approximate surface area is 402 Å². The average Bonchev–Trinajstić information content (AvgIpc) is 3.30. The third-order valence-corrected chi connectivity index (χ3v) is 12.0. The summed E-state index contributed by atoms with van der Waals surface area (Å²) in [5.74, 6) is -0.892.